The molecule has 0 aromatic heterocycles. The normalized spacial score (nSPS) is 13.0. The molecule has 0 aromatic rings. The van der Waals surface area contributed by atoms with Crippen molar-refractivity contribution in [2.24, 2.45) is 0 Å². The van der Waals surface area contributed by atoms with Crippen LogP contribution in [0.4, 0.5) is 0 Å². The van der Waals surface area contributed by atoms with Crippen molar-refractivity contribution < 1.29 is 28.6 Å². The van der Waals surface area contributed by atoms with Crippen LogP contribution >= 0.6 is 0 Å². The fourth-order valence-electron chi connectivity index (χ4n) is 8.23. The Balaban J connectivity index is 4.17. The topological polar surface area (TPSA) is 78.9 Å². The van der Waals surface area contributed by atoms with Gasteiger partial charge in [0.25, 0.3) is 0 Å². The number of unbranched alkanes of at least 4 members (excludes halogenated alkanes) is 22. The molecule has 0 aliphatic rings. The molecule has 0 rings (SSSR count). The van der Waals surface area contributed by atoms with Gasteiger partial charge >= 0.3 is 17.9 Å². The van der Waals surface area contributed by atoms with Crippen LogP contribution in [0.1, 0.15) is 271 Å². The van der Waals surface area contributed by atoms with E-state index >= 15 is 0 Å². The summed E-state index contributed by atoms with van der Waals surface area (Å²) in [5.41, 5.74) is 0. The van der Waals surface area contributed by atoms with Crippen molar-refractivity contribution in [3.05, 3.63) is 134 Å². The molecule has 0 saturated carbocycles. The first-order valence-corrected chi connectivity index (χ1v) is 31.2. The highest BCUT2D eigenvalue weighted by molar-refractivity contribution is 5.71. The molecule has 1 unspecified atom stereocenters. The number of ether oxygens (including phenoxy) is 3. The highest BCUT2D eigenvalue weighted by Gasteiger charge is 2.19. The van der Waals surface area contributed by atoms with Gasteiger partial charge in [-0.05, 0) is 122 Å². The van der Waals surface area contributed by atoms with Crippen molar-refractivity contribution in [2.75, 3.05) is 13.2 Å². The smallest absolute Gasteiger partial charge is 0.306 e. The third kappa shape index (κ3) is 60.4. The van der Waals surface area contributed by atoms with Crippen molar-refractivity contribution in [3.8, 4) is 0 Å². The summed E-state index contributed by atoms with van der Waals surface area (Å²) in [4.78, 5) is 38.0. The van der Waals surface area contributed by atoms with E-state index in [1.165, 1.54) is 89.9 Å². The van der Waals surface area contributed by atoms with E-state index in [-0.39, 0.29) is 31.1 Å². The van der Waals surface area contributed by atoms with Gasteiger partial charge in [-0.2, -0.15) is 0 Å². The monoisotopic (exact) mass is 1050 g/mol. The van der Waals surface area contributed by atoms with Gasteiger partial charge in [0.05, 0.1) is 0 Å². The first-order chi connectivity index (χ1) is 37.5. The van der Waals surface area contributed by atoms with Gasteiger partial charge in [0, 0.05) is 19.3 Å². The number of hydrogen-bond donors (Lipinski definition) is 0. The second kappa shape index (κ2) is 63.1. The fourth-order valence-corrected chi connectivity index (χ4v) is 8.23. The van der Waals surface area contributed by atoms with Crippen LogP contribution in [0.25, 0.3) is 0 Å². The zero-order chi connectivity index (χ0) is 55.0. The number of hydrogen-bond acceptors (Lipinski definition) is 6. The molecule has 0 aromatic carbocycles. The minimum absolute atomic E-state index is 0.0884. The van der Waals surface area contributed by atoms with E-state index in [0.29, 0.717) is 19.3 Å². The molecule has 0 aliphatic carbocycles. The van der Waals surface area contributed by atoms with Gasteiger partial charge in [0.2, 0.25) is 0 Å². The summed E-state index contributed by atoms with van der Waals surface area (Å²) in [6.45, 7) is 6.42. The Kier molecular flexibility index (Phi) is 59.4. The van der Waals surface area contributed by atoms with Crippen molar-refractivity contribution in [1.29, 1.82) is 0 Å². The Morgan fingerprint density at radius 3 is 0.829 bits per heavy atom. The predicted octanol–water partition coefficient (Wildman–Crippen LogP) is 21.4. The second-order valence-electron chi connectivity index (χ2n) is 20.2. The lowest BCUT2D eigenvalue weighted by atomic mass is 10.1. The molecule has 6 nitrogen and oxygen atoms in total. The predicted molar refractivity (Wildman–Crippen MR) is 329 cm³/mol. The maximum Gasteiger partial charge on any atom is 0.306 e. The van der Waals surface area contributed by atoms with E-state index in [1.54, 1.807) is 0 Å². The quantitative estimate of drug-likeness (QED) is 0.0261. The Bertz CT molecular complexity index is 1630. The molecule has 76 heavy (non-hydrogen) atoms. The van der Waals surface area contributed by atoms with Gasteiger partial charge in [0.15, 0.2) is 6.10 Å². The zero-order valence-corrected chi connectivity index (χ0v) is 49.2. The molecule has 430 valence electrons. The van der Waals surface area contributed by atoms with E-state index in [1.807, 2.05) is 0 Å². The maximum absolute atomic E-state index is 12.8. The lowest BCUT2D eigenvalue weighted by Gasteiger charge is -2.18. The summed E-state index contributed by atoms with van der Waals surface area (Å²) in [5, 5.41) is 0. The van der Waals surface area contributed by atoms with Crippen molar-refractivity contribution in [1.82, 2.24) is 0 Å². The second-order valence-corrected chi connectivity index (χ2v) is 20.2. The SMILES string of the molecule is CC/C=C\C/C=C\C/C=C\C/C=C\C/C=C\C/C=C\C/C=C\C/C=C\C/C=C\CCCCCCCC(=O)OCC(COC(=O)CCCCCCCC)OC(=O)CCCCCCCCCCC/C=C\C/C=C\CCCCC. The van der Waals surface area contributed by atoms with Crippen LogP contribution in [-0.2, 0) is 28.6 Å². The van der Waals surface area contributed by atoms with Gasteiger partial charge in [-0.1, -0.05) is 264 Å². The summed E-state index contributed by atoms with van der Waals surface area (Å²) < 4.78 is 16.8. The molecule has 0 heterocycles. The highest BCUT2D eigenvalue weighted by Crippen LogP contribution is 2.14. The Hall–Kier alpha value is -4.45. The molecule has 1 atom stereocenters. The zero-order valence-electron chi connectivity index (χ0n) is 49.2. The Labute approximate surface area is 468 Å². The van der Waals surface area contributed by atoms with Crippen LogP contribution < -0.4 is 0 Å². The summed E-state index contributed by atoms with van der Waals surface area (Å²) in [6, 6.07) is 0. The lowest BCUT2D eigenvalue weighted by molar-refractivity contribution is -0.167. The fraction of sp³-hybridized carbons (Fsp3) is 0.643. The summed E-state index contributed by atoms with van der Waals surface area (Å²) >= 11 is 0. The van der Waals surface area contributed by atoms with Gasteiger partial charge in [-0.25, -0.2) is 0 Å². The van der Waals surface area contributed by atoms with E-state index < -0.39 is 6.10 Å². The molecular weight excluding hydrogens is 937 g/mol. The van der Waals surface area contributed by atoms with Gasteiger partial charge in [-0.3, -0.25) is 14.4 Å². The lowest BCUT2D eigenvalue weighted by Crippen LogP contribution is -2.30. The number of rotatable bonds is 55. The number of allylic oxidation sites excluding steroid dienone is 22. The molecule has 0 bridgehead atoms. The maximum atomic E-state index is 12.8. The number of carbonyl (C=O) groups is 3. The van der Waals surface area contributed by atoms with Gasteiger partial charge < -0.3 is 14.2 Å². The largest absolute Gasteiger partial charge is 0.462 e. The van der Waals surface area contributed by atoms with Crippen molar-refractivity contribution in [2.45, 2.75) is 277 Å². The average Bonchev–Trinajstić information content (AvgIpc) is 3.42. The number of carbonyl (C=O) groups excluding carboxylic acids is 3. The molecule has 0 radical (unpaired) electrons. The molecule has 0 amide bonds. The third-order valence-corrected chi connectivity index (χ3v) is 12.9. The van der Waals surface area contributed by atoms with Crippen molar-refractivity contribution in [3.63, 3.8) is 0 Å². The van der Waals surface area contributed by atoms with Crippen LogP contribution in [-0.4, -0.2) is 37.2 Å². The van der Waals surface area contributed by atoms with Crippen LogP contribution in [0.15, 0.2) is 134 Å². The molecule has 0 aliphatic heterocycles. The average molecular weight is 1050 g/mol. The highest BCUT2D eigenvalue weighted by atomic mass is 16.6. The van der Waals surface area contributed by atoms with Crippen LogP contribution in [0, 0.1) is 0 Å². The Morgan fingerprint density at radius 1 is 0.276 bits per heavy atom. The molecule has 0 spiro atoms. The van der Waals surface area contributed by atoms with E-state index in [9.17, 15) is 14.4 Å². The standard InChI is InChI=1S/C70H114O6/c1-4-7-10-13-16-18-20-22-24-26-28-29-30-31-32-33-34-35-36-37-38-39-40-41-43-44-46-48-50-52-54-57-60-63-69(72)75-66-67(65-74-68(71)62-59-56-15-12-9-6-3)76-70(73)64-61-58-55-53-51-49-47-45-42-27-25-23-21-19-17-14-11-8-5-2/h7,10,16-19,22-25,28-29,31-32,34-35,37-38,40-41,44,46,67H,4-6,8-9,11-15,20-21,26-27,30,33,36,39,42-43,45,47-66H2,1-3H3/b10-7-,18-16-,19-17-,24-22-,25-23-,29-28-,32-31-,35-34-,38-37-,41-40-,46-44-. The summed E-state index contributed by atoms with van der Waals surface area (Å²) in [7, 11) is 0. The molecular formula is C70H114O6. The third-order valence-electron chi connectivity index (χ3n) is 12.9. The first-order valence-electron chi connectivity index (χ1n) is 31.2. The number of esters is 3. The molecule has 0 saturated heterocycles. The van der Waals surface area contributed by atoms with Gasteiger partial charge in [-0.15, -0.1) is 0 Å². The van der Waals surface area contributed by atoms with Gasteiger partial charge in [0.1, 0.15) is 13.2 Å². The van der Waals surface area contributed by atoms with Crippen LogP contribution in [0.2, 0.25) is 0 Å². The van der Waals surface area contributed by atoms with Crippen LogP contribution in [0.3, 0.4) is 0 Å². The molecule has 0 fully saturated rings. The van der Waals surface area contributed by atoms with E-state index in [2.05, 4.69) is 154 Å². The summed E-state index contributed by atoms with van der Waals surface area (Å²) in [5.74, 6) is -0.923. The Morgan fingerprint density at radius 2 is 0.513 bits per heavy atom. The molecule has 0 N–H and O–H groups in total. The van der Waals surface area contributed by atoms with E-state index in [4.69, 9.17) is 14.2 Å². The first kappa shape index (κ1) is 71.5. The minimum Gasteiger partial charge on any atom is -0.462 e. The van der Waals surface area contributed by atoms with E-state index in [0.717, 1.165) is 141 Å². The summed E-state index contributed by atoms with van der Waals surface area (Å²) in [6.07, 6.45) is 89.1. The minimum atomic E-state index is -0.789. The van der Waals surface area contributed by atoms with Crippen molar-refractivity contribution >= 4 is 17.9 Å². The molecule has 6 heteroatoms. The van der Waals surface area contributed by atoms with Crippen LogP contribution in [0.5, 0.6) is 0 Å².